The SMILES string of the molecule is Clc1ncnc(N2CCC(N3CCCCC3)C2)c1Br. The van der Waals surface area contributed by atoms with Crippen LogP contribution in [0.2, 0.25) is 5.15 Å². The van der Waals surface area contributed by atoms with E-state index in [1.54, 1.807) is 0 Å². The van der Waals surface area contributed by atoms with Crippen molar-refractivity contribution < 1.29 is 0 Å². The number of halogens is 2. The lowest BCUT2D eigenvalue weighted by Gasteiger charge is -2.32. The number of nitrogens with zero attached hydrogens (tertiary/aromatic N) is 4. The molecular weight excluding hydrogens is 328 g/mol. The van der Waals surface area contributed by atoms with Gasteiger partial charge in [-0.15, -0.1) is 0 Å². The summed E-state index contributed by atoms with van der Waals surface area (Å²) in [5.74, 6) is 0.930. The molecule has 0 amide bonds. The van der Waals surface area contributed by atoms with Gasteiger partial charge in [-0.25, -0.2) is 9.97 Å². The fraction of sp³-hybridized carbons (Fsp3) is 0.692. The molecule has 1 aromatic rings. The van der Waals surface area contributed by atoms with Crippen LogP contribution in [0.25, 0.3) is 0 Å². The van der Waals surface area contributed by atoms with Crippen LogP contribution < -0.4 is 4.90 Å². The normalized spacial score (nSPS) is 24.9. The topological polar surface area (TPSA) is 32.3 Å². The molecule has 2 aliphatic rings. The molecule has 1 aromatic heterocycles. The highest BCUT2D eigenvalue weighted by atomic mass is 79.9. The van der Waals surface area contributed by atoms with Crippen molar-refractivity contribution in [2.75, 3.05) is 31.1 Å². The summed E-state index contributed by atoms with van der Waals surface area (Å²) in [6, 6.07) is 0.668. The molecule has 2 aliphatic heterocycles. The molecule has 3 rings (SSSR count). The first-order valence-corrected chi connectivity index (χ1v) is 8.08. The molecule has 1 atom stereocenters. The fourth-order valence-corrected chi connectivity index (χ4v) is 3.66. The Labute approximate surface area is 127 Å². The van der Waals surface area contributed by atoms with Gasteiger partial charge >= 0.3 is 0 Å². The van der Waals surface area contributed by atoms with E-state index in [9.17, 15) is 0 Å². The van der Waals surface area contributed by atoms with E-state index >= 15 is 0 Å². The highest BCUT2D eigenvalue weighted by Crippen LogP contribution is 2.32. The van der Waals surface area contributed by atoms with Crippen LogP contribution in [0.1, 0.15) is 25.7 Å². The van der Waals surface area contributed by atoms with Crippen molar-refractivity contribution >= 4 is 33.3 Å². The molecule has 0 saturated carbocycles. The summed E-state index contributed by atoms with van der Waals surface area (Å²) >= 11 is 9.54. The maximum atomic E-state index is 6.04. The van der Waals surface area contributed by atoms with Crippen LogP contribution in [-0.4, -0.2) is 47.1 Å². The quantitative estimate of drug-likeness (QED) is 0.772. The van der Waals surface area contributed by atoms with Gasteiger partial charge in [-0.05, 0) is 48.3 Å². The van der Waals surface area contributed by atoms with Gasteiger partial charge in [-0.3, -0.25) is 4.90 Å². The summed E-state index contributed by atoms with van der Waals surface area (Å²) in [7, 11) is 0. The molecule has 0 radical (unpaired) electrons. The Kier molecular flexibility index (Phi) is 4.24. The van der Waals surface area contributed by atoms with Crippen LogP contribution >= 0.6 is 27.5 Å². The van der Waals surface area contributed by atoms with E-state index < -0.39 is 0 Å². The lowest BCUT2D eigenvalue weighted by Crippen LogP contribution is -2.41. The molecule has 19 heavy (non-hydrogen) atoms. The molecule has 3 heterocycles. The van der Waals surface area contributed by atoms with Gasteiger partial charge in [0.2, 0.25) is 0 Å². The van der Waals surface area contributed by atoms with Gasteiger partial charge in [0.05, 0.1) is 4.47 Å². The lowest BCUT2D eigenvalue weighted by atomic mass is 10.1. The number of aromatic nitrogens is 2. The average molecular weight is 346 g/mol. The second kappa shape index (κ2) is 5.94. The van der Waals surface area contributed by atoms with Gasteiger partial charge in [-0.1, -0.05) is 18.0 Å². The van der Waals surface area contributed by atoms with Crippen molar-refractivity contribution in [3.05, 3.63) is 16.0 Å². The van der Waals surface area contributed by atoms with E-state index in [0.717, 1.165) is 23.4 Å². The zero-order chi connectivity index (χ0) is 13.2. The second-order valence-electron chi connectivity index (χ2n) is 5.29. The van der Waals surface area contributed by atoms with Crippen LogP contribution in [0.3, 0.4) is 0 Å². The highest BCUT2D eigenvalue weighted by molar-refractivity contribution is 9.10. The zero-order valence-electron chi connectivity index (χ0n) is 10.9. The predicted octanol–water partition coefficient (Wildman–Crippen LogP) is 2.96. The molecular formula is C13H18BrClN4. The van der Waals surface area contributed by atoms with Crippen molar-refractivity contribution in [2.24, 2.45) is 0 Å². The molecule has 0 aromatic carbocycles. The predicted molar refractivity (Wildman–Crippen MR) is 80.8 cm³/mol. The summed E-state index contributed by atoms with van der Waals surface area (Å²) < 4.78 is 0.816. The second-order valence-corrected chi connectivity index (χ2v) is 6.44. The summed E-state index contributed by atoms with van der Waals surface area (Å²) in [4.78, 5) is 13.3. The molecule has 2 fully saturated rings. The van der Waals surface area contributed by atoms with Crippen LogP contribution in [-0.2, 0) is 0 Å². The maximum absolute atomic E-state index is 6.04. The van der Waals surface area contributed by atoms with Crippen LogP contribution in [0, 0.1) is 0 Å². The van der Waals surface area contributed by atoms with Crippen molar-refractivity contribution in [1.82, 2.24) is 14.9 Å². The van der Waals surface area contributed by atoms with E-state index in [1.807, 2.05) is 0 Å². The number of rotatable bonds is 2. The van der Waals surface area contributed by atoms with E-state index in [-0.39, 0.29) is 0 Å². The standard InChI is InChI=1S/C13H18BrClN4/c14-11-12(15)16-9-17-13(11)19-7-4-10(8-19)18-5-2-1-3-6-18/h9-10H,1-8H2. The largest absolute Gasteiger partial charge is 0.354 e. The molecule has 2 saturated heterocycles. The molecule has 1 unspecified atom stereocenters. The van der Waals surface area contributed by atoms with Gasteiger partial charge in [-0.2, -0.15) is 0 Å². The number of hydrogen-bond acceptors (Lipinski definition) is 4. The van der Waals surface area contributed by atoms with Gasteiger partial charge in [0.1, 0.15) is 17.3 Å². The first-order chi connectivity index (χ1) is 9.25. The van der Waals surface area contributed by atoms with E-state index in [0.29, 0.717) is 11.2 Å². The Hall–Kier alpha value is -0.390. The molecule has 0 spiro atoms. The fourth-order valence-electron chi connectivity index (χ4n) is 3.08. The average Bonchev–Trinajstić information content (AvgIpc) is 2.92. The zero-order valence-corrected chi connectivity index (χ0v) is 13.2. The van der Waals surface area contributed by atoms with Crippen molar-refractivity contribution in [1.29, 1.82) is 0 Å². The van der Waals surface area contributed by atoms with Crippen LogP contribution in [0.15, 0.2) is 10.8 Å². The van der Waals surface area contributed by atoms with Crippen molar-refractivity contribution in [3.63, 3.8) is 0 Å². The van der Waals surface area contributed by atoms with E-state index in [4.69, 9.17) is 11.6 Å². The van der Waals surface area contributed by atoms with Gasteiger partial charge in [0.25, 0.3) is 0 Å². The number of likely N-dealkylation sites (tertiary alicyclic amines) is 1. The Bertz CT molecular complexity index is 450. The van der Waals surface area contributed by atoms with Crippen molar-refractivity contribution in [2.45, 2.75) is 31.7 Å². The number of piperidine rings is 1. The third-order valence-electron chi connectivity index (χ3n) is 4.10. The van der Waals surface area contributed by atoms with E-state index in [2.05, 4.69) is 35.7 Å². The van der Waals surface area contributed by atoms with Crippen LogP contribution in [0.4, 0.5) is 5.82 Å². The Balaban J connectivity index is 1.69. The van der Waals surface area contributed by atoms with Gasteiger partial charge in [0.15, 0.2) is 0 Å². The van der Waals surface area contributed by atoms with Gasteiger partial charge < -0.3 is 4.90 Å². The monoisotopic (exact) mass is 344 g/mol. The minimum atomic E-state index is 0.492. The van der Waals surface area contributed by atoms with Crippen LogP contribution in [0.5, 0.6) is 0 Å². The minimum absolute atomic E-state index is 0.492. The lowest BCUT2D eigenvalue weighted by molar-refractivity contribution is 0.175. The Morgan fingerprint density at radius 1 is 1.16 bits per heavy atom. The molecule has 0 bridgehead atoms. The first kappa shape index (κ1) is 13.6. The molecule has 4 nitrogen and oxygen atoms in total. The summed E-state index contributed by atoms with van der Waals surface area (Å²) in [5.41, 5.74) is 0. The summed E-state index contributed by atoms with van der Waals surface area (Å²) in [6.45, 7) is 4.60. The molecule has 0 aliphatic carbocycles. The summed E-state index contributed by atoms with van der Waals surface area (Å²) in [6.07, 6.45) is 6.84. The smallest absolute Gasteiger partial charge is 0.148 e. The summed E-state index contributed by atoms with van der Waals surface area (Å²) in [5, 5.41) is 0.492. The van der Waals surface area contributed by atoms with Gasteiger partial charge in [0, 0.05) is 19.1 Å². The highest BCUT2D eigenvalue weighted by Gasteiger charge is 2.30. The van der Waals surface area contributed by atoms with E-state index in [1.165, 1.54) is 45.1 Å². The third-order valence-corrected chi connectivity index (χ3v) is 5.34. The number of anilines is 1. The first-order valence-electron chi connectivity index (χ1n) is 6.90. The Morgan fingerprint density at radius 2 is 1.95 bits per heavy atom. The molecule has 104 valence electrons. The minimum Gasteiger partial charge on any atom is -0.354 e. The Morgan fingerprint density at radius 3 is 2.74 bits per heavy atom. The van der Waals surface area contributed by atoms with Crippen molar-refractivity contribution in [3.8, 4) is 0 Å². The maximum Gasteiger partial charge on any atom is 0.148 e. The molecule has 6 heteroatoms. The molecule has 0 N–H and O–H groups in total. The number of hydrogen-bond donors (Lipinski definition) is 0. The third kappa shape index (κ3) is 2.88.